The highest BCUT2D eigenvalue weighted by Gasteiger charge is 2.31. The van der Waals surface area contributed by atoms with E-state index in [-0.39, 0.29) is 23.3 Å². The summed E-state index contributed by atoms with van der Waals surface area (Å²) >= 11 is 0. The molecule has 1 rings (SSSR count). The number of likely N-dealkylation sites (N-methyl/N-ethyl adjacent to an activating group) is 1. The van der Waals surface area contributed by atoms with E-state index in [1.165, 1.54) is 4.90 Å². The van der Waals surface area contributed by atoms with Gasteiger partial charge in [-0.3, -0.25) is 14.5 Å². The molecule has 0 aliphatic carbocycles. The Morgan fingerprint density at radius 1 is 1.18 bits per heavy atom. The molecule has 17 heavy (non-hydrogen) atoms. The number of imide groups is 1. The molecule has 4 heteroatoms. The predicted molar refractivity (Wildman–Crippen MR) is 67.5 cm³/mol. The van der Waals surface area contributed by atoms with Crippen LogP contribution in [0.15, 0.2) is 0 Å². The fourth-order valence-electron chi connectivity index (χ4n) is 2.15. The number of nitrogens with zero attached hydrogens (tertiary/aromatic N) is 1. The number of hydrogen-bond acceptors (Lipinski definition) is 3. The first-order chi connectivity index (χ1) is 7.86. The van der Waals surface area contributed by atoms with Crippen LogP contribution < -0.4 is 5.32 Å². The molecule has 0 radical (unpaired) electrons. The first-order valence-corrected chi connectivity index (χ1v) is 6.36. The molecule has 1 fully saturated rings. The zero-order valence-corrected chi connectivity index (χ0v) is 11.4. The Balaban J connectivity index is 2.75. The predicted octanol–water partition coefficient (Wildman–Crippen LogP) is 1.55. The largest absolute Gasteiger partial charge is 0.315 e. The summed E-state index contributed by atoms with van der Waals surface area (Å²) in [4.78, 5) is 25.2. The number of carbonyl (C=O) groups is 2. The van der Waals surface area contributed by atoms with Crippen molar-refractivity contribution < 1.29 is 9.59 Å². The molecule has 0 aromatic carbocycles. The lowest BCUT2D eigenvalue weighted by molar-refractivity contribution is -0.144. The van der Waals surface area contributed by atoms with Crippen LogP contribution in [0.5, 0.6) is 0 Å². The molecule has 4 nitrogen and oxygen atoms in total. The Bertz CT molecular complexity index is 276. The molecule has 0 saturated carbocycles. The lowest BCUT2D eigenvalue weighted by atomic mass is 9.86. The molecule has 1 heterocycles. The van der Waals surface area contributed by atoms with Crippen LogP contribution in [0.2, 0.25) is 0 Å². The fraction of sp³-hybridized carbons (Fsp3) is 0.846. The minimum Gasteiger partial charge on any atom is -0.315 e. The third-order valence-electron chi connectivity index (χ3n) is 3.39. The molecule has 1 saturated heterocycles. The van der Waals surface area contributed by atoms with Crippen molar-refractivity contribution in [2.24, 2.45) is 5.41 Å². The second-order valence-electron chi connectivity index (χ2n) is 5.81. The molecule has 0 aromatic heterocycles. The maximum absolute atomic E-state index is 11.9. The summed E-state index contributed by atoms with van der Waals surface area (Å²) in [6.45, 7) is 6.82. The number of carbonyl (C=O) groups excluding carboxylic acids is 2. The Kier molecular flexibility index (Phi) is 4.69. The summed E-state index contributed by atoms with van der Waals surface area (Å²) < 4.78 is 0. The van der Waals surface area contributed by atoms with E-state index < -0.39 is 0 Å². The third kappa shape index (κ3) is 3.80. The van der Waals surface area contributed by atoms with Crippen molar-refractivity contribution in [2.75, 3.05) is 13.6 Å². The van der Waals surface area contributed by atoms with Crippen LogP contribution in [0.4, 0.5) is 0 Å². The Hall–Kier alpha value is -0.900. The zero-order valence-electron chi connectivity index (χ0n) is 11.4. The summed E-state index contributed by atoms with van der Waals surface area (Å²) in [6.07, 6.45) is 2.68. The Labute approximate surface area is 104 Å². The average molecular weight is 240 g/mol. The SMILES string of the molecule is CNC(CN1C(=O)CCCCC1=O)C(C)(C)C. The van der Waals surface area contributed by atoms with Crippen molar-refractivity contribution in [3.05, 3.63) is 0 Å². The van der Waals surface area contributed by atoms with Crippen LogP contribution in [-0.4, -0.2) is 36.3 Å². The highest BCUT2D eigenvalue weighted by Crippen LogP contribution is 2.22. The van der Waals surface area contributed by atoms with Gasteiger partial charge in [-0.2, -0.15) is 0 Å². The van der Waals surface area contributed by atoms with Gasteiger partial charge in [-0.1, -0.05) is 20.8 Å². The van der Waals surface area contributed by atoms with Gasteiger partial charge >= 0.3 is 0 Å². The number of nitrogens with one attached hydrogen (secondary N) is 1. The van der Waals surface area contributed by atoms with Gasteiger partial charge in [0.05, 0.1) is 0 Å². The van der Waals surface area contributed by atoms with E-state index in [9.17, 15) is 9.59 Å². The third-order valence-corrected chi connectivity index (χ3v) is 3.39. The van der Waals surface area contributed by atoms with Gasteiger partial charge in [0.25, 0.3) is 0 Å². The second-order valence-corrected chi connectivity index (χ2v) is 5.81. The van der Waals surface area contributed by atoms with E-state index in [0.29, 0.717) is 19.4 Å². The first kappa shape index (κ1) is 14.2. The molecular weight excluding hydrogens is 216 g/mol. The highest BCUT2D eigenvalue weighted by atomic mass is 16.2. The van der Waals surface area contributed by atoms with Gasteiger partial charge in [-0.05, 0) is 25.3 Å². The van der Waals surface area contributed by atoms with E-state index in [4.69, 9.17) is 0 Å². The van der Waals surface area contributed by atoms with Crippen LogP contribution in [-0.2, 0) is 9.59 Å². The number of hydrogen-bond donors (Lipinski definition) is 1. The monoisotopic (exact) mass is 240 g/mol. The van der Waals surface area contributed by atoms with Crippen LogP contribution in [0, 0.1) is 5.41 Å². The number of amides is 2. The molecule has 0 bridgehead atoms. The summed E-state index contributed by atoms with van der Waals surface area (Å²) in [7, 11) is 1.88. The number of likely N-dealkylation sites (tertiary alicyclic amines) is 1. The van der Waals surface area contributed by atoms with Crippen molar-refractivity contribution in [3.8, 4) is 0 Å². The van der Waals surface area contributed by atoms with Crippen molar-refractivity contribution in [1.82, 2.24) is 10.2 Å². The van der Waals surface area contributed by atoms with Gasteiger partial charge in [-0.15, -0.1) is 0 Å². The van der Waals surface area contributed by atoms with Gasteiger partial charge in [0.15, 0.2) is 0 Å². The van der Waals surface area contributed by atoms with Crippen molar-refractivity contribution in [2.45, 2.75) is 52.5 Å². The van der Waals surface area contributed by atoms with Crippen molar-refractivity contribution >= 4 is 11.8 Å². The summed E-state index contributed by atoms with van der Waals surface area (Å²) in [5.41, 5.74) is 0.0294. The van der Waals surface area contributed by atoms with Gasteiger partial charge in [0, 0.05) is 25.4 Å². The van der Waals surface area contributed by atoms with Crippen LogP contribution in [0.1, 0.15) is 46.5 Å². The molecule has 1 aliphatic heterocycles. The molecule has 1 atom stereocenters. The maximum atomic E-state index is 11.9. The minimum absolute atomic E-state index is 0.0167. The van der Waals surface area contributed by atoms with E-state index in [1.54, 1.807) is 0 Å². The van der Waals surface area contributed by atoms with Gasteiger partial charge in [0.1, 0.15) is 0 Å². The normalized spacial score (nSPS) is 20.4. The van der Waals surface area contributed by atoms with Crippen molar-refractivity contribution in [1.29, 1.82) is 0 Å². The standard InChI is InChI=1S/C13H24N2O2/c1-13(2,3)10(14-4)9-15-11(16)7-5-6-8-12(15)17/h10,14H,5-9H2,1-4H3. The molecule has 1 aliphatic rings. The molecule has 0 aromatic rings. The topological polar surface area (TPSA) is 49.4 Å². The van der Waals surface area contributed by atoms with E-state index in [1.807, 2.05) is 7.05 Å². The van der Waals surface area contributed by atoms with Crippen LogP contribution in [0.25, 0.3) is 0 Å². The summed E-state index contributed by atoms with van der Waals surface area (Å²) in [5.74, 6) is -0.0333. The highest BCUT2D eigenvalue weighted by molar-refractivity contribution is 5.96. The van der Waals surface area contributed by atoms with Gasteiger partial charge in [0.2, 0.25) is 11.8 Å². The molecule has 1 N–H and O–H groups in total. The van der Waals surface area contributed by atoms with Crippen LogP contribution in [0.3, 0.4) is 0 Å². The molecule has 0 spiro atoms. The first-order valence-electron chi connectivity index (χ1n) is 6.36. The maximum Gasteiger partial charge on any atom is 0.229 e. The van der Waals surface area contributed by atoms with E-state index in [2.05, 4.69) is 26.1 Å². The summed E-state index contributed by atoms with van der Waals surface area (Å²) in [5, 5.41) is 3.20. The molecule has 98 valence electrons. The average Bonchev–Trinajstić information content (AvgIpc) is 2.37. The Morgan fingerprint density at radius 3 is 2.00 bits per heavy atom. The number of rotatable bonds is 3. The molecular formula is C13H24N2O2. The summed E-state index contributed by atoms with van der Waals surface area (Å²) in [6, 6.07) is 0.133. The lowest BCUT2D eigenvalue weighted by Gasteiger charge is -2.34. The molecule has 1 unspecified atom stereocenters. The van der Waals surface area contributed by atoms with Gasteiger partial charge in [-0.25, -0.2) is 0 Å². The Morgan fingerprint density at radius 2 is 1.65 bits per heavy atom. The van der Waals surface area contributed by atoms with Crippen LogP contribution >= 0.6 is 0 Å². The zero-order chi connectivity index (χ0) is 13.1. The lowest BCUT2D eigenvalue weighted by Crippen LogP contribution is -2.50. The molecule has 2 amide bonds. The van der Waals surface area contributed by atoms with Gasteiger partial charge < -0.3 is 5.32 Å². The fourth-order valence-corrected chi connectivity index (χ4v) is 2.15. The van der Waals surface area contributed by atoms with E-state index >= 15 is 0 Å². The van der Waals surface area contributed by atoms with E-state index in [0.717, 1.165) is 12.8 Å². The quantitative estimate of drug-likeness (QED) is 0.761. The second kappa shape index (κ2) is 5.63. The minimum atomic E-state index is -0.0167. The smallest absolute Gasteiger partial charge is 0.229 e. The van der Waals surface area contributed by atoms with Crippen molar-refractivity contribution in [3.63, 3.8) is 0 Å².